The van der Waals surface area contributed by atoms with Crippen LogP contribution in [0, 0.1) is 5.92 Å². The number of halogens is 1. The second kappa shape index (κ2) is 7.11. The molecule has 0 N–H and O–H groups in total. The fraction of sp³-hybridized carbons (Fsp3) is 1.00. The van der Waals surface area contributed by atoms with Crippen molar-refractivity contribution in [2.75, 3.05) is 11.9 Å². The van der Waals surface area contributed by atoms with Gasteiger partial charge >= 0.3 is 0 Å². The van der Waals surface area contributed by atoms with E-state index in [0.717, 1.165) is 11.9 Å². The molecule has 0 radical (unpaired) electrons. The van der Waals surface area contributed by atoms with Crippen molar-refractivity contribution < 1.29 is 4.74 Å². The summed E-state index contributed by atoms with van der Waals surface area (Å²) in [5.41, 5.74) is 0. The van der Waals surface area contributed by atoms with Crippen LogP contribution in [-0.4, -0.2) is 18.0 Å². The normalized spacial score (nSPS) is 16.4. The molecule has 0 aromatic carbocycles. The minimum Gasteiger partial charge on any atom is -0.377 e. The molecule has 1 nitrogen and oxygen atoms in total. The number of ether oxygens (including phenoxy) is 1. The Bertz CT molecular complexity index is 85.6. The third-order valence-electron chi connectivity index (χ3n) is 1.91. The largest absolute Gasteiger partial charge is 0.377 e. The zero-order valence-electron chi connectivity index (χ0n) is 7.77. The second-order valence-electron chi connectivity index (χ2n) is 2.91. The molecule has 0 heterocycles. The Morgan fingerprint density at radius 3 is 2.36 bits per heavy atom. The zero-order valence-corrected chi connectivity index (χ0v) is 9.36. The molecule has 0 saturated carbocycles. The van der Waals surface area contributed by atoms with Gasteiger partial charge in [0.1, 0.15) is 0 Å². The average Bonchev–Trinajstić information content (AvgIpc) is 2.00. The Balaban J connectivity index is 3.61. The van der Waals surface area contributed by atoms with Gasteiger partial charge in [-0.15, -0.1) is 0 Å². The third kappa shape index (κ3) is 4.81. The first-order valence-corrected chi connectivity index (χ1v) is 5.55. The topological polar surface area (TPSA) is 9.23 Å². The molecule has 2 atom stereocenters. The SMILES string of the molecule is CCCC(C)C(CBr)OCC. The fourth-order valence-electron chi connectivity index (χ4n) is 1.22. The van der Waals surface area contributed by atoms with Crippen molar-refractivity contribution in [1.29, 1.82) is 0 Å². The maximum absolute atomic E-state index is 5.56. The number of hydrogen-bond donors (Lipinski definition) is 0. The van der Waals surface area contributed by atoms with Crippen LogP contribution < -0.4 is 0 Å². The predicted octanol–water partition coefficient (Wildman–Crippen LogP) is 3.22. The fourth-order valence-corrected chi connectivity index (χ4v) is 2.04. The highest BCUT2D eigenvalue weighted by Gasteiger charge is 2.14. The quantitative estimate of drug-likeness (QED) is 0.628. The van der Waals surface area contributed by atoms with Gasteiger partial charge in [0.2, 0.25) is 0 Å². The Morgan fingerprint density at radius 2 is 2.00 bits per heavy atom. The standard InChI is InChI=1S/C9H19BrO/c1-4-6-8(3)9(7-10)11-5-2/h8-9H,4-7H2,1-3H3. The lowest BCUT2D eigenvalue weighted by atomic mass is 10.0. The van der Waals surface area contributed by atoms with E-state index in [1.54, 1.807) is 0 Å². The molecule has 0 rings (SSSR count). The molecule has 0 bridgehead atoms. The molecule has 0 aromatic rings. The maximum Gasteiger partial charge on any atom is 0.0697 e. The number of rotatable bonds is 6. The van der Waals surface area contributed by atoms with Gasteiger partial charge in [-0.2, -0.15) is 0 Å². The van der Waals surface area contributed by atoms with Crippen molar-refractivity contribution in [3.05, 3.63) is 0 Å². The highest BCUT2D eigenvalue weighted by Crippen LogP contribution is 2.15. The summed E-state index contributed by atoms with van der Waals surface area (Å²) in [4.78, 5) is 0. The molecule has 0 spiro atoms. The lowest BCUT2D eigenvalue weighted by Gasteiger charge is -2.21. The molecule has 0 saturated heterocycles. The third-order valence-corrected chi connectivity index (χ3v) is 2.55. The van der Waals surface area contributed by atoms with Gasteiger partial charge in [-0.3, -0.25) is 0 Å². The molecule has 0 aliphatic carbocycles. The summed E-state index contributed by atoms with van der Waals surface area (Å²) in [6, 6.07) is 0. The summed E-state index contributed by atoms with van der Waals surface area (Å²) >= 11 is 3.46. The molecular weight excluding hydrogens is 204 g/mol. The molecule has 2 unspecified atom stereocenters. The van der Waals surface area contributed by atoms with Crippen LogP contribution in [0.25, 0.3) is 0 Å². The van der Waals surface area contributed by atoms with Gasteiger partial charge in [-0.1, -0.05) is 36.2 Å². The minimum atomic E-state index is 0.403. The van der Waals surface area contributed by atoms with Crippen LogP contribution in [0.2, 0.25) is 0 Å². The second-order valence-corrected chi connectivity index (χ2v) is 3.56. The molecule has 0 aromatic heterocycles. The number of hydrogen-bond acceptors (Lipinski definition) is 1. The summed E-state index contributed by atoms with van der Waals surface area (Å²) < 4.78 is 5.56. The van der Waals surface area contributed by atoms with Crippen LogP contribution in [0.1, 0.15) is 33.6 Å². The highest BCUT2D eigenvalue weighted by atomic mass is 79.9. The van der Waals surface area contributed by atoms with Crippen molar-refractivity contribution in [1.82, 2.24) is 0 Å². The highest BCUT2D eigenvalue weighted by molar-refractivity contribution is 9.09. The van der Waals surface area contributed by atoms with Crippen LogP contribution >= 0.6 is 15.9 Å². The first kappa shape index (κ1) is 11.4. The molecular formula is C9H19BrO. The Morgan fingerprint density at radius 1 is 1.36 bits per heavy atom. The monoisotopic (exact) mass is 222 g/mol. The van der Waals surface area contributed by atoms with Gasteiger partial charge < -0.3 is 4.74 Å². The molecule has 68 valence electrons. The van der Waals surface area contributed by atoms with E-state index in [1.807, 2.05) is 6.92 Å². The van der Waals surface area contributed by atoms with Gasteiger partial charge in [0.15, 0.2) is 0 Å². The van der Waals surface area contributed by atoms with Crippen molar-refractivity contribution >= 4 is 15.9 Å². The van der Waals surface area contributed by atoms with E-state index in [2.05, 4.69) is 29.8 Å². The Labute approximate surface area is 78.6 Å². The first-order valence-electron chi connectivity index (χ1n) is 4.43. The van der Waals surface area contributed by atoms with Crippen LogP contribution in [0.3, 0.4) is 0 Å². The van der Waals surface area contributed by atoms with E-state index in [1.165, 1.54) is 12.8 Å². The summed E-state index contributed by atoms with van der Waals surface area (Å²) in [7, 11) is 0. The van der Waals surface area contributed by atoms with E-state index in [9.17, 15) is 0 Å². The van der Waals surface area contributed by atoms with Gasteiger partial charge in [-0.05, 0) is 19.3 Å². The van der Waals surface area contributed by atoms with Crippen molar-refractivity contribution in [3.63, 3.8) is 0 Å². The predicted molar refractivity (Wildman–Crippen MR) is 53.3 cm³/mol. The lowest BCUT2D eigenvalue weighted by Crippen LogP contribution is -2.23. The minimum absolute atomic E-state index is 0.403. The van der Waals surface area contributed by atoms with E-state index in [-0.39, 0.29) is 0 Å². The summed E-state index contributed by atoms with van der Waals surface area (Å²) in [5, 5.41) is 0.960. The maximum atomic E-state index is 5.56. The van der Waals surface area contributed by atoms with Gasteiger partial charge in [0, 0.05) is 11.9 Å². The molecule has 0 aliphatic heterocycles. The van der Waals surface area contributed by atoms with Crippen LogP contribution in [-0.2, 0) is 4.74 Å². The molecule has 0 aliphatic rings. The van der Waals surface area contributed by atoms with Gasteiger partial charge in [-0.25, -0.2) is 0 Å². The zero-order chi connectivity index (χ0) is 8.69. The van der Waals surface area contributed by atoms with Crippen LogP contribution in [0.5, 0.6) is 0 Å². The van der Waals surface area contributed by atoms with Crippen LogP contribution in [0.15, 0.2) is 0 Å². The van der Waals surface area contributed by atoms with Crippen molar-refractivity contribution in [3.8, 4) is 0 Å². The van der Waals surface area contributed by atoms with E-state index in [0.29, 0.717) is 12.0 Å². The van der Waals surface area contributed by atoms with Gasteiger partial charge in [0.05, 0.1) is 6.10 Å². The van der Waals surface area contributed by atoms with Gasteiger partial charge in [0.25, 0.3) is 0 Å². The van der Waals surface area contributed by atoms with Crippen molar-refractivity contribution in [2.45, 2.75) is 39.7 Å². The lowest BCUT2D eigenvalue weighted by molar-refractivity contribution is 0.0401. The molecule has 0 fully saturated rings. The van der Waals surface area contributed by atoms with E-state index < -0.39 is 0 Å². The Kier molecular flexibility index (Phi) is 7.39. The van der Waals surface area contributed by atoms with E-state index >= 15 is 0 Å². The summed E-state index contributed by atoms with van der Waals surface area (Å²) in [6.45, 7) is 7.34. The average molecular weight is 223 g/mol. The molecule has 11 heavy (non-hydrogen) atoms. The first-order chi connectivity index (χ1) is 5.26. The van der Waals surface area contributed by atoms with Crippen LogP contribution in [0.4, 0.5) is 0 Å². The summed E-state index contributed by atoms with van der Waals surface area (Å²) in [5.74, 6) is 0.680. The summed E-state index contributed by atoms with van der Waals surface area (Å²) in [6.07, 6.45) is 2.91. The smallest absolute Gasteiger partial charge is 0.0697 e. The van der Waals surface area contributed by atoms with Crippen molar-refractivity contribution in [2.24, 2.45) is 5.92 Å². The Hall–Kier alpha value is 0.440. The molecule has 2 heteroatoms. The molecule has 0 amide bonds. The van der Waals surface area contributed by atoms with E-state index in [4.69, 9.17) is 4.74 Å². The number of alkyl halides is 1.